The summed E-state index contributed by atoms with van der Waals surface area (Å²) in [6.45, 7) is 1.69. The van der Waals surface area contributed by atoms with Crippen LogP contribution in [0.25, 0.3) is 11.4 Å². The van der Waals surface area contributed by atoms with E-state index in [1.807, 2.05) is 24.3 Å². The Morgan fingerprint density at radius 3 is 2.92 bits per heavy atom. The van der Waals surface area contributed by atoms with Crippen LogP contribution in [0.3, 0.4) is 0 Å². The van der Waals surface area contributed by atoms with E-state index in [1.54, 1.807) is 0 Å². The van der Waals surface area contributed by atoms with E-state index in [4.69, 9.17) is 9.26 Å². The molecule has 0 radical (unpaired) electrons. The molecule has 2 aromatic rings. The lowest BCUT2D eigenvalue weighted by atomic mass is 10.0. The Morgan fingerprint density at radius 2 is 2.08 bits per heavy atom. The summed E-state index contributed by atoms with van der Waals surface area (Å²) in [5.74, 6) is 1.07. The fourth-order valence-electron chi connectivity index (χ4n) is 3.32. The molecule has 8 heteroatoms. The Labute approximate surface area is 150 Å². The topological polar surface area (TPSA) is 97.6 Å². The van der Waals surface area contributed by atoms with Crippen LogP contribution in [0.1, 0.15) is 36.6 Å². The summed E-state index contributed by atoms with van der Waals surface area (Å²) >= 11 is 0. The predicted octanol–water partition coefficient (Wildman–Crippen LogP) is 2.07. The lowest BCUT2D eigenvalue weighted by molar-refractivity contribution is -0.125. The van der Waals surface area contributed by atoms with Gasteiger partial charge in [-0.2, -0.15) is 4.98 Å². The van der Waals surface area contributed by atoms with Crippen LogP contribution >= 0.6 is 0 Å². The minimum Gasteiger partial charge on any atom is -0.381 e. The third-order valence-corrected chi connectivity index (χ3v) is 4.77. The molecule has 4 rings (SSSR count). The maximum Gasteiger partial charge on any atom is 0.324 e. The first-order valence-corrected chi connectivity index (χ1v) is 8.80. The van der Waals surface area contributed by atoms with Crippen molar-refractivity contribution >= 4 is 11.9 Å². The molecule has 0 bridgehead atoms. The van der Waals surface area contributed by atoms with Gasteiger partial charge in [0.2, 0.25) is 17.6 Å². The van der Waals surface area contributed by atoms with Crippen LogP contribution in [-0.2, 0) is 16.1 Å². The van der Waals surface area contributed by atoms with Crippen molar-refractivity contribution in [3.05, 3.63) is 35.7 Å². The van der Waals surface area contributed by atoms with E-state index < -0.39 is 0 Å². The molecule has 1 aromatic carbocycles. The van der Waals surface area contributed by atoms with Crippen molar-refractivity contribution in [1.82, 2.24) is 20.4 Å². The largest absolute Gasteiger partial charge is 0.381 e. The standard InChI is InChI=1S/C18H20N4O4/c23-15-10-19-18(24)22(15)11-13-4-1-2-6-14(13)16-20-17(26-21-16)12-5-3-8-25-9-7-12/h1-2,4,6,12H,3,5,7-11H2,(H,19,24). The molecule has 1 aromatic heterocycles. The Balaban J connectivity index is 1.58. The van der Waals surface area contributed by atoms with E-state index >= 15 is 0 Å². The smallest absolute Gasteiger partial charge is 0.324 e. The number of urea groups is 1. The van der Waals surface area contributed by atoms with Crippen molar-refractivity contribution < 1.29 is 18.8 Å². The van der Waals surface area contributed by atoms with Gasteiger partial charge in [-0.25, -0.2) is 4.79 Å². The highest BCUT2D eigenvalue weighted by Crippen LogP contribution is 2.29. The average molecular weight is 356 g/mol. The first-order chi connectivity index (χ1) is 12.7. The van der Waals surface area contributed by atoms with E-state index in [0.717, 1.165) is 37.0 Å². The zero-order chi connectivity index (χ0) is 17.9. The number of nitrogens with zero attached hydrogens (tertiary/aromatic N) is 3. The van der Waals surface area contributed by atoms with Gasteiger partial charge in [0.1, 0.15) is 0 Å². The van der Waals surface area contributed by atoms with Gasteiger partial charge in [-0.05, 0) is 24.8 Å². The van der Waals surface area contributed by atoms with Gasteiger partial charge in [0.05, 0.1) is 13.1 Å². The number of rotatable bonds is 4. The molecule has 3 amide bonds. The van der Waals surface area contributed by atoms with Gasteiger partial charge in [-0.1, -0.05) is 29.4 Å². The molecule has 136 valence electrons. The van der Waals surface area contributed by atoms with Gasteiger partial charge >= 0.3 is 6.03 Å². The molecule has 1 unspecified atom stereocenters. The van der Waals surface area contributed by atoms with Gasteiger partial charge in [-0.3, -0.25) is 9.69 Å². The number of nitrogens with one attached hydrogen (secondary N) is 1. The molecular weight excluding hydrogens is 336 g/mol. The van der Waals surface area contributed by atoms with Crippen molar-refractivity contribution in [2.75, 3.05) is 19.8 Å². The number of ether oxygens (including phenoxy) is 1. The molecule has 2 aliphatic heterocycles. The zero-order valence-corrected chi connectivity index (χ0v) is 14.3. The molecule has 1 atom stereocenters. The minimum atomic E-state index is -0.378. The third kappa shape index (κ3) is 3.32. The number of hydrogen-bond donors (Lipinski definition) is 1. The summed E-state index contributed by atoms with van der Waals surface area (Å²) in [6, 6.07) is 7.10. The highest BCUT2D eigenvalue weighted by molar-refractivity contribution is 6.01. The van der Waals surface area contributed by atoms with Crippen molar-refractivity contribution in [3.63, 3.8) is 0 Å². The molecule has 8 nitrogen and oxygen atoms in total. The van der Waals surface area contributed by atoms with Gasteiger partial charge in [-0.15, -0.1) is 0 Å². The molecule has 0 spiro atoms. The maximum absolute atomic E-state index is 11.9. The van der Waals surface area contributed by atoms with Crippen LogP contribution in [0.2, 0.25) is 0 Å². The second kappa shape index (κ2) is 7.25. The zero-order valence-electron chi connectivity index (χ0n) is 14.3. The highest BCUT2D eigenvalue weighted by Gasteiger charge is 2.29. The number of carbonyl (C=O) groups excluding carboxylic acids is 2. The van der Waals surface area contributed by atoms with E-state index in [1.165, 1.54) is 4.90 Å². The summed E-state index contributed by atoms with van der Waals surface area (Å²) in [6.07, 6.45) is 2.81. The maximum atomic E-state index is 11.9. The fourth-order valence-corrected chi connectivity index (χ4v) is 3.32. The van der Waals surface area contributed by atoms with Crippen molar-refractivity contribution in [3.8, 4) is 11.4 Å². The summed E-state index contributed by atoms with van der Waals surface area (Å²) in [7, 11) is 0. The van der Waals surface area contributed by atoms with Crippen molar-refractivity contribution in [1.29, 1.82) is 0 Å². The Bertz CT molecular complexity index is 795. The van der Waals surface area contributed by atoms with Crippen LogP contribution in [0.5, 0.6) is 0 Å². The number of amides is 3. The van der Waals surface area contributed by atoms with Crippen LogP contribution < -0.4 is 5.32 Å². The molecule has 1 N–H and O–H groups in total. The second-order valence-corrected chi connectivity index (χ2v) is 6.49. The van der Waals surface area contributed by atoms with E-state index in [-0.39, 0.29) is 30.9 Å². The third-order valence-electron chi connectivity index (χ3n) is 4.77. The van der Waals surface area contributed by atoms with Crippen molar-refractivity contribution in [2.45, 2.75) is 31.7 Å². The number of imide groups is 1. The van der Waals surface area contributed by atoms with E-state index in [0.29, 0.717) is 18.3 Å². The van der Waals surface area contributed by atoms with Crippen LogP contribution in [0, 0.1) is 0 Å². The molecule has 0 aliphatic carbocycles. The van der Waals surface area contributed by atoms with Gasteiger partial charge in [0.25, 0.3) is 0 Å². The number of aromatic nitrogens is 2. The van der Waals surface area contributed by atoms with E-state index in [2.05, 4.69) is 15.5 Å². The summed E-state index contributed by atoms with van der Waals surface area (Å²) < 4.78 is 11.0. The summed E-state index contributed by atoms with van der Waals surface area (Å²) in [4.78, 5) is 29.5. The first-order valence-electron chi connectivity index (χ1n) is 8.80. The van der Waals surface area contributed by atoms with Gasteiger partial charge in [0, 0.05) is 24.7 Å². The Morgan fingerprint density at radius 1 is 1.19 bits per heavy atom. The number of benzene rings is 1. The summed E-state index contributed by atoms with van der Waals surface area (Å²) in [5, 5.41) is 6.66. The quantitative estimate of drug-likeness (QED) is 0.842. The molecule has 0 saturated carbocycles. The van der Waals surface area contributed by atoms with Gasteiger partial charge < -0.3 is 14.6 Å². The van der Waals surface area contributed by atoms with Gasteiger partial charge in [0.15, 0.2) is 0 Å². The number of carbonyl (C=O) groups is 2. The molecular formula is C18H20N4O4. The van der Waals surface area contributed by atoms with Crippen LogP contribution in [-0.4, -0.2) is 46.7 Å². The minimum absolute atomic E-state index is 0.0388. The number of hydrogen-bond acceptors (Lipinski definition) is 6. The Kier molecular flexibility index (Phi) is 4.66. The molecule has 26 heavy (non-hydrogen) atoms. The fraction of sp³-hybridized carbons (Fsp3) is 0.444. The predicted molar refractivity (Wildman–Crippen MR) is 91.1 cm³/mol. The SMILES string of the molecule is O=C1CNC(=O)N1Cc1ccccc1-c1noc(C2CCCOCC2)n1. The monoisotopic (exact) mass is 356 g/mol. The highest BCUT2D eigenvalue weighted by atomic mass is 16.5. The molecule has 2 aliphatic rings. The second-order valence-electron chi connectivity index (χ2n) is 6.49. The Hall–Kier alpha value is -2.74. The average Bonchev–Trinajstić information content (AvgIpc) is 3.15. The first kappa shape index (κ1) is 16.7. The normalized spacial score (nSPS) is 20.9. The van der Waals surface area contributed by atoms with E-state index in [9.17, 15) is 9.59 Å². The van der Waals surface area contributed by atoms with Crippen LogP contribution in [0.4, 0.5) is 4.79 Å². The molecule has 2 saturated heterocycles. The van der Waals surface area contributed by atoms with Crippen molar-refractivity contribution in [2.24, 2.45) is 0 Å². The molecule has 2 fully saturated rings. The molecule has 3 heterocycles. The summed E-state index contributed by atoms with van der Waals surface area (Å²) in [5.41, 5.74) is 1.56. The lowest BCUT2D eigenvalue weighted by Gasteiger charge is -2.14. The van der Waals surface area contributed by atoms with Crippen LogP contribution in [0.15, 0.2) is 28.8 Å². The lowest BCUT2D eigenvalue weighted by Crippen LogP contribution is -2.30.